The number of rotatable bonds is 4. The molecule has 1 aromatic heterocycles. The van der Waals surface area contributed by atoms with Crippen molar-refractivity contribution in [1.29, 1.82) is 0 Å². The summed E-state index contributed by atoms with van der Waals surface area (Å²) in [5, 5.41) is 4.25. The zero-order valence-electron chi connectivity index (χ0n) is 10.4. The zero-order chi connectivity index (χ0) is 11.6. The van der Waals surface area contributed by atoms with E-state index in [9.17, 15) is 0 Å². The molecule has 0 saturated heterocycles. The fourth-order valence-corrected chi connectivity index (χ4v) is 1.51. The Bertz CT molecular complexity index is 314. The van der Waals surface area contributed by atoms with Gasteiger partial charge in [-0.1, -0.05) is 0 Å². The Labute approximate surface area is 92.1 Å². The van der Waals surface area contributed by atoms with E-state index in [1.807, 2.05) is 31.0 Å². The summed E-state index contributed by atoms with van der Waals surface area (Å²) in [6.07, 6.45) is 1.81. The summed E-state index contributed by atoms with van der Waals surface area (Å²) in [7, 11) is 4.10. The summed E-state index contributed by atoms with van der Waals surface area (Å²) in [6.45, 7) is 7.22. The second kappa shape index (κ2) is 4.33. The van der Waals surface area contributed by atoms with Crippen LogP contribution in [0.15, 0.2) is 12.3 Å². The van der Waals surface area contributed by atoms with Crippen LogP contribution in [-0.2, 0) is 6.54 Å². The molecule has 86 valence electrons. The molecule has 1 rings (SSSR count). The second-order valence-corrected chi connectivity index (χ2v) is 4.60. The van der Waals surface area contributed by atoms with Crippen molar-refractivity contribution in [1.82, 2.24) is 14.7 Å². The number of nitrogens with two attached hydrogens (primary N) is 1. The van der Waals surface area contributed by atoms with Crippen molar-refractivity contribution < 1.29 is 0 Å². The molecule has 4 heteroatoms. The molecule has 1 aromatic rings. The maximum atomic E-state index is 6.29. The van der Waals surface area contributed by atoms with Crippen molar-refractivity contribution in [3.05, 3.63) is 18.0 Å². The quantitative estimate of drug-likeness (QED) is 0.813. The van der Waals surface area contributed by atoms with Gasteiger partial charge in [0, 0.05) is 18.3 Å². The maximum absolute atomic E-state index is 6.29. The molecule has 2 N–H and O–H groups in total. The largest absolute Gasteiger partial charge is 0.321 e. The number of likely N-dealkylation sites (N-methyl/N-ethyl adjacent to an activating group) is 1. The summed E-state index contributed by atoms with van der Waals surface area (Å²) >= 11 is 0. The predicted molar refractivity (Wildman–Crippen MR) is 62.6 cm³/mol. The van der Waals surface area contributed by atoms with Gasteiger partial charge in [0.2, 0.25) is 0 Å². The third-order valence-electron chi connectivity index (χ3n) is 3.28. The van der Waals surface area contributed by atoms with Crippen LogP contribution in [0, 0.1) is 0 Å². The highest BCUT2D eigenvalue weighted by molar-refractivity contribution is 5.12. The third-order valence-corrected chi connectivity index (χ3v) is 3.28. The number of nitrogens with zero attached hydrogens (tertiary/aromatic N) is 3. The fraction of sp³-hybridized carbons (Fsp3) is 0.727. The standard InChI is InChI=1S/C11H22N4/c1-6-15-9(7-8-13-15)10(12)11(2,3)14(4)5/h7-8,10H,6,12H2,1-5H3. The van der Waals surface area contributed by atoms with Crippen molar-refractivity contribution >= 4 is 0 Å². The molecule has 0 fully saturated rings. The molecule has 0 amide bonds. The Morgan fingerprint density at radius 3 is 2.60 bits per heavy atom. The highest BCUT2D eigenvalue weighted by atomic mass is 15.3. The van der Waals surface area contributed by atoms with Crippen molar-refractivity contribution in [2.75, 3.05) is 14.1 Å². The van der Waals surface area contributed by atoms with E-state index in [1.54, 1.807) is 0 Å². The lowest BCUT2D eigenvalue weighted by atomic mass is 9.91. The van der Waals surface area contributed by atoms with Crippen LogP contribution in [0.25, 0.3) is 0 Å². The van der Waals surface area contributed by atoms with Crippen LogP contribution in [0.3, 0.4) is 0 Å². The Balaban J connectivity index is 2.98. The van der Waals surface area contributed by atoms with Crippen LogP contribution in [0.1, 0.15) is 32.5 Å². The van der Waals surface area contributed by atoms with Crippen LogP contribution in [0.5, 0.6) is 0 Å². The van der Waals surface area contributed by atoms with Crippen LogP contribution in [-0.4, -0.2) is 34.3 Å². The minimum atomic E-state index is -0.0764. The molecule has 15 heavy (non-hydrogen) atoms. The molecule has 1 unspecified atom stereocenters. The highest BCUT2D eigenvalue weighted by Gasteiger charge is 2.31. The summed E-state index contributed by atoms with van der Waals surface area (Å²) in [6, 6.07) is 1.97. The average molecular weight is 210 g/mol. The Morgan fingerprint density at radius 2 is 2.13 bits per heavy atom. The van der Waals surface area contributed by atoms with Gasteiger partial charge in [0.15, 0.2) is 0 Å². The Kier molecular flexibility index (Phi) is 3.52. The van der Waals surface area contributed by atoms with Crippen LogP contribution < -0.4 is 5.73 Å². The summed E-state index contributed by atoms with van der Waals surface area (Å²) < 4.78 is 1.95. The Hall–Kier alpha value is -0.870. The van der Waals surface area contributed by atoms with Gasteiger partial charge >= 0.3 is 0 Å². The molecule has 1 heterocycles. The Morgan fingerprint density at radius 1 is 1.53 bits per heavy atom. The van der Waals surface area contributed by atoms with E-state index in [0.29, 0.717) is 0 Å². The fourth-order valence-electron chi connectivity index (χ4n) is 1.51. The summed E-state index contributed by atoms with van der Waals surface area (Å²) in [5.41, 5.74) is 7.31. The zero-order valence-corrected chi connectivity index (χ0v) is 10.4. The van der Waals surface area contributed by atoms with Crippen LogP contribution in [0.4, 0.5) is 0 Å². The van der Waals surface area contributed by atoms with E-state index < -0.39 is 0 Å². The molecule has 0 aliphatic heterocycles. The first-order valence-electron chi connectivity index (χ1n) is 5.36. The number of hydrogen-bond donors (Lipinski definition) is 1. The molecule has 0 bridgehead atoms. The topological polar surface area (TPSA) is 47.1 Å². The van der Waals surface area contributed by atoms with Gasteiger partial charge in [0.1, 0.15) is 0 Å². The summed E-state index contributed by atoms with van der Waals surface area (Å²) in [4.78, 5) is 2.14. The highest BCUT2D eigenvalue weighted by Crippen LogP contribution is 2.26. The van der Waals surface area contributed by atoms with E-state index in [1.165, 1.54) is 0 Å². The lowest BCUT2D eigenvalue weighted by Crippen LogP contribution is -2.48. The lowest BCUT2D eigenvalue weighted by molar-refractivity contribution is 0.154. The first-order chi connectivity index (χ1) is 6.91. The van der Waals surface area contributed by atoms with E-state index in [2.05, 4.69) is 30.8 Å². The maximum Gasteiger partial charge on any atom is 0.0648 e. The minimum absolute atomic E-state index is 0.0325. The molecule has 4 nitrogen and oxygen atoms in total. The van der Waals surface area contributed by atoms with Gasteiger partial charge in [-0.05, 0) is 40.9 Å². The second-order valence-electron chi connectivity index (χ2n) is 4.60. The van der Waals surface area contributed by atoms with Gasteiger partial charge in [-0.15, -0.1) is 0 Å². The van der Waals surface area contributed by atoms with Gasteiger partial charge in [-0.3, -0.25) is 4.68 Å². The van der Waals surface area contributed by atoms with E-state index in [0.717, 1.165) is 12.2 Å². The molecule has 0 saturated carbocycles. The first-order valence-corrected chi connectivity index (χ1v) is 5.36. The van der Waals surface area contributed by atoms with Crippen molar-refractivity contribution in [2.24, 2.45) is 5.73 Å². The molecule has 0 aromatic carbocycles. The molecule has 0 aliphatic carbocycles. The lowest BCUT2D eigenvalue weighted by Gasteiger charge is -2.38. The average Bonchev–Trinajstić information content (AvgIpc) is 2.63. The van der Waals surface area contributed by atoms with Crippen LogP contribution in [0.2, 0.25) is 0 Å². The van der Waals surface area contributed by atoms with E-state index in [-0.39, 0.29) is 11.6 Å². The third kappa shape index (κ3) is 2.21. The number of aryl methyl sites for hydroxylation is 1. The van der Waals surface area contributed by atoms with Crippen molar-refractivity contribution in [3.63, 3.8) is 0 Å². The predicted octanol–water partition coefficient (Wildman–Crippen LogP) is 1.24. The van der Waals surface area contributed by atoms with Crippen molar-refractivity contribution in [3.8, 4) is 0 Å². The normalized spacial score (nSPS) is 14.6. The van der Waals surface area contributed by atoms with Crippen molar-refractivity contribution in [2.45, 2.75) is 38.9 Å². The van der Waals surface area contributed by atoms with Gasteiger partial charge in [-0.25, -0.2) is 0 Å². The smallest absolute Gasteiger partial charge is 0.0648 e. The number of hydrogen-bond acceptors (Lipinski definition) is 3. The SMILES string of the molecule is CCn1nccc1C(N)C(C)(C)N(C)C. The monoisotopic (exact) mass is 210 g/mol. The number of aromatic nitrogens is 2. The molecule has 0 spiro atoms. The van der Waals surface area contributed by atoms with E-state index in [4.69, 9.17) is 5.73 Å². The molecule has 0 radical (unpaired) electrons. The van der Waals surface area contributed by atoms with Gasteiger partial charge in [-0.2, -0.15) is 5.10 Å². The van der Waals surface area contributed by atoms with Gasteiger partial charge in [0.25, 0.3) is 0 Å². The van der Waals surface area contributed by atoms with Crippen LogP contribution >= 0.6 is 0 Å². The molecule has 0 aliphatic rings. The molecular formula is C11H22N4. The van der Waals surface area contributed by atoms with Gasteiger partial charge < -0.3 is 10.6 Å². The van der Waals surface area contributed by atoms with E-state index >= 15 is 0 Å². The summed E-state index contributed by atoms with van der Waals surface area (Å²) in [5.74, 6) is 0. The molecular weight excluding hydrogens is 188 g/mol. The minimum Gasteiger partial charge on any atom is -0.321 e. The first kappa shape index (κ1) is 12.2. The molecule has 1 atom stereocenters. The van der Waals surface area contributed by atoms with Gasteiger partial charge in [0.05, 0.1) is 11.7 Å².